The van der Waals surface area contributed by atoms with Gasteiger partial charge in [-0.25, -0.2) is 0 Å². The van der Waals surface area contributed by atoms with Crippen molar-refractivity contribution in [1.82, 2.24) is 10.3 Å². The van der Waals surface area contributed by atoms with Crippen LogP contribution in [-0.2, 0) is 5.79 Å². The molecule has 1 aliphatic rings. The molecule has 1 aromatic carbocycles. The van der Waals surface area contributed by atoms with Crippen LogP contribution in [0.5, 0.6) is 0 Å². The van der Waals surface area contributed by atoms with E-state index in [1.165, 1.54) is 0 Å². The Balaban J connectivity index is 2.07. The van der Waals surface area contributed by atoms with Crippen LogP contribution in [0.25, 0.3) is 10.9 Å². The van der Waals surface area contributed by atoms with Crippen molar-refractivity contribution in [2.75, 3.05) is 6.54 Å². The summed E-state index contributed by atoms with van der Waals surface area (Å²) in [5, 5.41) is 24.7. The summed E-state index contributed by atoms with van der Waals surface area (Å²) in [6.45, 7) is 0.843. The lowest BCUT2D eigenvalue weighted by atomic mass is 9.96. The molecule has 1 aliphatic heterocycles. The number of fused-ring (bicyclic) bond motifs is 1. The van der Waals surface area contributed by atoms with Crippen LogP contribution in [0, 0.1) is 0 Å². The molecule has 1 unspecified atom stereocenters. The second-order valence-electron chi connectivity index (χ2n) is 4.62. The van der Waals surface area contributed by atoms with E-state index in [0.29, 0.717) is 5.56 Å². The van der Waals surface area contributed by atoms with Crippen molar-refractivity contribution in [2.24, 2.45) is 0 Å². The summed E-state index contributed by atoms with van der Waals surface area (Å²) >= 11 is 0. The number of H-pyrrole nitrogens is 1. The van der Waals surface area contributed by atoms with Gasteiger partial charge in [-0.15, -0.1) is 0 Å². The van der Waals surface area contributed by atoms with Crippen molar-refractivity contribution in [3.63, 3.8) is 0 Å². The van der Waals surface area contributed by atoms with Gasteiger partial charge in [0.2, 0.25) is 5.79 Å². The molecule has 4 nitrogen and oxygen atoms in total. The molecule has 90 valence electrons. The molecule has 0 aliphatic carbocycles. The van der Waals surface area contributed by atoms with E-state index in [2.05, 4.69) is 10.3 Å². The van der Waals surface area contributed by atoms with Gasteiger partial charge in [0.1, 0.15) is 0 Å². The SMILES string of the molecule is OC(O)(c1c[nH]c2ccccc12)C1CCCN1. The van der Waals surface area contributed by atoms with Gasteiger partial charge in [0, 0.05) is 22.7 Å². The number of aromatic nitrogens is 1. The molecule has 2 aromatic rings. The lowest BCUT2D eigenvalue weighted by molar-refractivity contribution is -0.188. The second kappa shape index (κ2) is 3.84. The van der Waals surface area contributed by atoms with Gasteiger partial charge in [-0.05, 0) is 25.5 Å². The van der Waals surface area contributed by atoms with Crippen LogP contribution in [0.2, 0.25) is 0 Å². The zero-order chi connectivity index (χ0) is 11.9. The highest BCUT2D eigenvalue weighted by Crippen LogP contribution is 2.32. The van der Waals surface area contributed by atoms with Crippen molar-refractivity contribution >= 4 is 10.9 Å². The highest BCUT2D eigenvalue weighted by molar-refractivity contribution is 5.83. The largest absolute Gasteiger partial charge is 0.361 e. The summed E-state index contributed by atoms with van der Waals surface area (Å²) in [5.41, 5.74) is 1.47. The van der Waals surface area contributed by atoms with Crippen LogP contribution in [0.15, 0.2) is 30.5 Å². The molecule has 0 bridgehead atoms. The molecular weight excluding hydrogens is 216 g/mol. The van der Waals surface area contributed by atoms with Crippen molar-refractivity contribution in [2.45, 2.75) is 24.7 Å². The molecule has 4 heteroatoms. The van der Waals surface area contributed by atoms with E-state index >= 15 is 0 Å². The Labute approximate surface area is 99.3 Å². The fourth-order valence-electron chi connectivity index (χ4n) is 2.59. The number of benzene rings is 1. The van der Waals surface area contributed by atoms with Crippen LogP contribution in [0.4, 0.5) is 0 Å². The van der Waals surface area contributed by atoms with E-state index in [1.807, 2.05) is 24.3 Å². The highest BCUT2D eigenvalue weighted by atomic mass is 16.5. The minimum Gasteiger partial charge on any atom is -0.361 e. The first-order chi connectivity index (χ1) is 8.19. The maximum Gasteiger partial charge on any atom is 0.207 e. The fourth-order valence-corrected chi connectivity index (χ4v) is 2.59. The quantitative estimate of drug-likeness (QED) is 0.585. The van der Waals surface area contributed by atoms with Gasteiger partial charge in [0.25, 0.3) is 0 Å². The number of aliphatic hydroxyl groups is 2. The number of rotatable bonds is 2. The van der Waals surface area contributed by atoms with E-state index in [0.717, 1.165) is 30.3 Å². The van der Waals surface area contributed by atoms with Crippen LogP contribution in [-0.4, -0.2) is 27.8 Å². The van der Waals surface area contributed by atoms with Gasteiger partial charge in [-0.1, -0.05) is 18.2 Å². The van der Waals surface area contributed by atoms with Gasteiger partial charge < -0.3 is 20.5 Å². The Morgan fingerprint density at radius 1 is 1.24 bits per heavy atom. The first-order valence-electron chi connectivity index (χ1n) is 5.94. The average Bonchev–Trinajstić information content (AvgIpc) is 2.99. The van der Waals surface area contributed by atoms with Crippen LogP contribution in [0.1, 0.15) is 18.4 Å². The zero-order valence-corrected chi connectivity index (χ0v) is 9.48. The Morgan fingerprint density at radius 3 is 2.82 bits per heavy atom. The molecule has 1 aromatic heterocycles. The van der Waals surface area contributed by atoms with Gasteiger partial charge in [0.05, 0.1) is 6.04 Å². The van der Waals surface area contributed by atoms with E-state index in [-0.39, 0.29) is 6.04 Å². The summed E-state index contributed by atoms with van der Waals surface area (Å²) < 4.78 is 0. The van der Waals surface area contributed by atoms with Crippen LogP contribution < -0.4 is 5.32 Å². The molecule has 2 heterocycles. The number of hydrogen-bond donors (Lipinski definition) is 4. The Hall–Kier alpha value is -1.36. The molecule has 0 saturated carbocycles. The lowest BCUT2D eigenvalue weighted by Gasteiger charge is -2.28. The van der Waals surface area contributed by atoms with E-state index in [1.54, 1.807) is 6.20 Å². The molecule has 4 N–H and O–H groups in total. The summed E-state index contributed by atoms with van der Waals surface area (Å²) in [6.07, 6.45) is 3.45. The number of aromatic amines is 1. The van der Waals surface area contributed by atoms with Crippen LogP contribution >= 0.6 is 0 Å². The minimum absolute atomic E-state index is 0.290. The predicted molar refractivity (Wildman–Crippen MR) is 65.4 cm³/mol. The smallest absolute Gasteiger partial charge is 0.207 e. The molecular formula is C13H16N2O2. The topological polar surface area (TPSA) is 68.3 Å². The third-order valence-corrected chi connectivity index (χ3v) is 3.53. The maximum absolute atomic E-state index is 10.3. The van der Waals surface area contributed by atoms with Crippen molar-refractivity contribution in [1.29, 1.82) is 0 Å². The van der Waals surface area contributed by atoms with Crippen molar-refractivity contribution < 1.29 is 10.2 Å². The monoisotopic (exact) mass is 232 g/mol. The van der Waals surface area contributed by atoms with Crippen molar-refractivity contribution in [3.05, 3.63) is 36.0 Å². The Bertz CT molecular complexity index is 527. The summed E-state index contributed by atoms with van der Waals surface area (Å²) in [7, 11) is 0. The lowest BCUT2D eigenvalue weighted by Crippen LogP contribution is -2.45. The van der Waals surface area contributed by atoms with Gasteiger partial charge >= 0.3 is 0 Å². The minimum atomic E-state index is -1.81. The van der Waals surface area contributed by atoms with Gasteiger partial charge in [0.15, 0.2) is 0 Å². The maximum atomic E-state index is 10.3. The number of hydrogen-bond acceptors (Lipinski definition) is 3. The second-order valence-corrected chi connectivity index (χ2v) is 4.62. The molecule has 1 fully saturated rings. The first kappa shape index (κ1) is 10.8. The normalized spacial score (nSPS) is 21.2. The van der Waals surface area contributed by atoms with Gasteiger partial charge in [-0.2, -0.15) is 0 Å². The molecule has 17 heavy (non-hydrogen) atoms. The highest BCUT2D eigenvalue weighted by Gasteiger charge is 2.39. The third kappa shape index (κ3) is 1.65. The van der Waals surface area contributed by atoms with Crippen LogP contribution in [0.3, 0.4) is 0 Å². The third-order valence-electron chi connectivity index (χ3n) is 3.53. The zero-order valence-electron chi connectivity index (χ0n) is 9.48. The van der Waals surface area contributed by atoms with E-state index in [4.69, 9.17) is 0 Å². The van der Waals surface area contributed by atoms with Gasteiger partial charge in [-0.3, -0.25) is 0 Å². The standard InChI is InChI=1S/C13H16N2O2/c16-13(17,12-6-3-7-14-12)10-8-15-11-5-2-1-4-9(10)11/h1-2,4-5,8,12,14-17H,3,6-7H2. The molecule has 0 amide bonds. The summed E-state index contributed by atoms with van der Waals surface area (Å²) in [6, 6.07) is 7.36. The van der Waals surface area contributed by atoms with Crippen molar-refractivity contribution in [3.8, 4) is 0 Å². The molecule has 0 radical (unpaired) electrons. The molecule has 1 atom stereocenters. The van der Waals surface area contributed by atoms with E-state index in [9.17, 15) is 10.2 Å². The first-order valence-corrected chi connectivity index (χ1v) is 5.94. The van der Waals surface area contributed by atoms with E-state index < -0.39 is 5.79 Å². The molecule has 3 rings (SSSR count). The Kier molecular flexibility index (Phi) is 2.43. The number of nitrogens with one attached hydrogen (secondary N) is 2. The molecule has 0 spiro atoms. The number of para-hydroxylation sites is 1. The summed E-state index contributed by atoms with van der Waals surface area (Å²) in [4.78, 5) is 3.07. The fraction of sp³-hybridized carbons (Fsp3) is 0.385. The molecule has 1 saturated heterocycles. The summed E-state index contributed by atoms with van der Waals surface area (Å²) in [5.74, 6) is -1.81. The average molecular weight is 232 g/mol. The Morgan fingerprint density at radius 2 is 2.06 bits per heavy atom. The predicted octanol–water partition coefficient (Wildman–Crippen LogP) is 1.06.